The molecule has 3 saturated heterocycles. The number of nitrogens with zero attached hydrogens (tertiary/aromatic N) is 5. The van der Waals surface area contributed by atoms with E-state index < -0.39 is 12.1 Å². The summed E-state index contributed by atoms with van der Waals surface area (Å²) in [5.74, 6) is -1.93. The van der Waals surface area contributed by atoms with E-state index >= 15 is 0 Å². The van der Waals surface area contributed by atoms with Crippen molar-refractivity contribution < 1.29 is 37.4 Å². The van der Waals surface area contributed by atoms with Crippen molar-refractivity contribution in [1.82, 2.24) is 24.3 Å². The van der Waals surface area contributed by atoms with E-state index in [2.05, 4.69) is 21.7 Å². The Labute approximate surface area is 251 Å². The third-order valence-electron chi connectivity index (χ3n) is 9.62. The van der Waals surface area contributed by atoms with Crippen molar-refractivity contribution >= 4 is 18.0 Å². The minimum atomic E-state index is -5.08. The molecule has 4 heterocycles. The van der Waals surface area contributed by atoms with Gasteiger partial charge in [-0.25, -0.2) is 14.6 Å². The Bertz CT molecular complexity index is 1050. The number of alkyl halides is 3. The van der Waals surface area contributed by atoms with E-state index in [-0.39, 0.29) is 23.6 Å². The zero-order valence-electron chi connectivity index (χ0n) is 25.1. The summed E-state index contributed by atoms with van der Waals surface area (Å²) in [5, 5.41) is 7.12. The lowest BCUT2D eigenvalue weighted by Gasteiger charge is -2.46. The van der Waals surface area contributed by atoms with Crippen LogP contribution in [0.3, 0.4) is 0 Å². The second-order valence-corrected chi connectivity index (χ2v) is 12.4. The lowest BCUT2D eigenvalue weighted by molar-refractivity contribution is -0.192. The van der Waals surface area contributed by atoms with E-state index in [9.17, 15) is 22.8 Å². The van der Waals surface area contributed by atoms with Crippen LogP contribution in [-0.4, -0.2) is 104 Å². The third kappa shape index (κ3) is 8.63. The first-order valence-corrected chi connectivity index (χ1v) is 15.8. The molecule has 1 aromatic heterocycles. The Balaban J connectivity index is 0.000000541. The Morgan fingerprint density at radius 3 is 2.28 bits per heavy atom. The molecule has 242 valence electrons. The maximum absolute atomic E-state index is 13.1. The van der Waals surface area contributed by atoms with Gasteiger partial charge in [0.1, 0.15) is 12.1 Å². The highest BCUT2D eigenvalue weighted by Gasteiger charge is 2.55. The fourth-order valence-electron chi connectivity index (χ4n) is 7.20. The van der Waals surface area contributed by atoms with Crippen molar-refractivity contribution in [2.45, 2.75) is 114 Å². The number of ether oxygens (including phenoxy) is 1. The van der Waals surface area contributed by atoms with Crippen LogP contribution in [0.4, 0.5) is 18.0 Å². The lowest BCUT2D eigenvalue weighted by atomic mass is 9.80. The summed E-state index contributed by atoms with van der Waals surface area (Å²) in [6, 6.07) is 0.751. The van der Waals surface area contributed by atoms with Gasteiger partial charge < -0.3 is 24.2 Å². The number of hydrogen-bond donors (Lipinski definition) is 1. The summed E-state index contributed by atoms with van der Waals surface area (Å²) < 4.78 is 39.9. The second-order valence-electron chi connectivity index (χ2n) is 12.4. The number of carboxylic acid groups (broad SMARTS) is 1. The number of amides is 2. The van der Waals surface area contributed by atoms with Gasteiger partial charge in [0.05, 0.1) is 12.4 Å². The molecule has 0 radical (unpaired) electrons. The molecule has 4 fully saturated rings. The van der Waals surface area contributed by atoms with Crippen LogP contribution in [0.5, 0.6) is 0 Å². The molecule has 1 unspecified atom stereocenters. The molecule has 1 aromatic rings. The summed E-state index contributed by atoms with van der Waals surface area (Å²) in [4.78, 5) is 45.5. The van der Waals surface area contributed by atoms with E-state index in [1.807, 2.05) is 15.7 Å². The number of carbonyl (C=O) groups is 3. The number of aromatic nitrogens is 2. The number of rotatable bonds is 8. The molecule has 0 aromatic carbocycles. The van der Waals surface area contributed by atoms with Crippen molar-refractivity contribution in [2.24, 2.45) is 5.92 Å². The van der Waals surface area contributed by atoms with Crippen molar-refractivity contribution in [3.05, 3.63) is 18.7 Å². The Kier molecular flexibility index (Phi) is 11.4. The van der Waals surface area contributed by atoms with E-state index in [1.54, 1.807) is 12.5 Å². The zero-order valence-corrected chi connectivity index (χ0v) is 25.1. The van der Waals surface area contributed by atoms with Crippen molar-refractivity contribution in [1.29, 1.82) is 0 Å². The molecule has 0 bridgehead atoms. The monoisotopic (exact) mass is 613 g/mol. The molecule has 1 saturated carbocycles. The molecular weight excluding hydrogens is 567 g/mol. The molecule has 43 heavy (non-hydrogen) atoms. The van der Waals surface area contributed by atoms with E-state index in [0.29, 0.717) is 18.5 Å². The second kappa shape index (κ2) is 14.8. The Morgan fingerprint density at radius 2 is 1.72 bits per heavy atom. The normalized spacial score (nSPS) is 23.6. The van der Waals surface area contributed by atoms with Crippen LogP contribution in [0.15, 0.2) is 18.7 Å². The van der Waals surface area contributed by atoms with Crippen LogP contribution in [0, 0.1) is 5.92 Å². The number of halogens is 3. The highest BCUT2D eigenvalue weighted by molar-refractivity contribution is 5.76. The number of carbonyl (C=O) groups excluding carboxylic acids is 2. The SMILES string of the molecule is CCCCC1N(CC2CCCCC2)C(=O)OC12CCN(C1CCN(C(=O)Cn3ccnc3)CC1)CC2.O=C(O)C(F)(F)F. The molecule has 2 amide bonds. The molecule has 13 heteroatoms. The Hall–Kier alpha value is -2.83. The number of aliphatic carboxylic acids is 1. The van der Waals surface area contributed by atoms with Gasteiger partial charge in [0.2, 0.25) is 5.91 Å². The first kappa shape index (κ1) is 33.1. The van der Waals surface area contributed by atoms with Crippen molar-refractivity contribution in [2.75, 3.05) is 32.7 Å². The quantitative estimate of drug-likeness (QED) is 0.443. The van der Waals surface area contributed by atoms with E-state index in [0.717, 1.165) is 77.7 Å². The maximum atomic E-state index is 13.1. The van der Waals surface area contributed by atoms with Crippen LogP contribution < -0.4 is 0 Å². The number of piperidine rings is 2. The molecule has 3 aliphatic heterocycles. The van der Waals surface area contributed by atoms with Gasteiger partial charge in [0, 0.05) is 64.0 Å². The predicted octanol–water partition coefficient (Wildman–Crippen LogP) is 4.93. The van der Waals surface area contributed by atoms with Gasteiger partial charge in [-0.2, -0.15) is 13.2 Å². The number of unbranched alkanes of at least 4 members (excludes halogenated alkanes) is 1. The van der Waals surface area contributed by atoms with Gasteiger partial charge in [0.25, 0.3) is 0 Å². The first-order chi connectivity index (χ1) is 20.5. The van der Waals surface area contributed by atoms with Crippen LogP contribution >= 0.6 is 0 Å². The number of hydrogen-bond acceptors (Lipinski definition) is 6. The predicted molar refractivity (Wildman–Crippen MR) is 152 cm³/mol. The van der Waals surface area contributed by atoms with Crippen LogP contribution in [-0.2, 0) is 20.9 Å². The van der Waals surface area contributed by atoms with Crippen molar-refractivity contribution in [3.63, 3.8) is 0 Å². The largest absolute Gasteiger partial charge is 0.490 e. The van der Waals surface area contributed by atoms with Gasteiger partial charge in [-0.15, -0.1) is 0 Å². The van der Waals surface area contributed by atoms with E-state index in [1.165, 1.54) is 32.1 Å². The third-order valence-corrected chi connectivity index (χ3v) is 9.62. The lowest BCUT2D eigenvalue weighted by Crippen LogP contribution is -2.56. The number of likely N-dealkylation sites (tertiary alicyclic amines) is 2. The fourth-order valence-corrected chi connectivity index (χ4v) is 7.20. The number of imidazole rings is 1. The average molecular weight is 614 g/mol. The van der Waals surface area contributed by atoms with Gasteiger partial charge in [0.15, 0.2) is 0 Å². The molecule has 5 rings (SSSR count). The molecule has 10 nitrogen and oxygen atoms in total. The smallest absolute Gasteiger partial charge is 0.475 e. The van der Waals surface area contributed by atoms with Crippen LogP contribution in [0.2, 0.25) is 0 Å². The molecule has 1 atom stereocenters. The van der Waals surface area contributed by atoms with Gasteiger partial charge in [-0.05, 0) is 38.0 Å². The molecule has 1 spiro atoms. The molecule has 1 aliphatic carbocycles. The highest BCUT2D eigenvalue weighted by Crippen LogP contribution is 2.42. The minimum absolute atomic E-state index is 0.0557. The van der Waals surface area contributed by atoms with Crippen LogP contribution in [0.25, 0.3) is 0 Å². The molecule has 4 aliphatic rings. The Morgan fingerprint density at radius 1 is 1.07 bits per heavy atom. The van der Waals surface area contributed by atoms with Gasteiger partial charge >= 0.3 is 18.2 Å². The highest BCUT2D eigenvalue weighted by atomic mass is 19.4. The zero-order chi connectivity index (χ0) is 31.0. The van der Waals surface area contributed by atoms with Gasteiger partial charge in [-0.3, -0.25) is 9.69 Å². The minimum Gasteiger partial charge on any atom is -0.475 e. The summed E-state index contributed by atoms with van der Waals surface area (Å²) in [7, 11) is 0. The number of carboxylic acids is 1. The van der Waals surface area contributed by atoms with Gasteiger partial charge in [-0.1, -0.05) is 39.0 Å². The summed E-state index contributed by atoms with van der Waals surface area (Å²) >= 11 is 0. The first-order valence-electron chi connectivity index (χ1n) is 15.8. The van der Waals surface area contributed by atoms with Crippen LogP contribution in [0.1, 0.15) is 84.0 Å². The maximum Gasteiger partial charge on any atom is 0.490 e. The topological polar surface area (TPSA) is 108 Å². The molecule has 1 N–H and O–H groups in total. The fraction of sp³-hybridized carbons (Fsp3) is 0.800. The van der Waals surface area contributed by atoms with Crippen molar-refractivity contribution in [3.8, 4) is 0 Å². The molecular formula is C30H46F3N5O5. The summed E-state index contributed by atoms with van der Waals surface area (Å²) in [5.41, 5.74) is -0.307. The standard InChI is InChI=1S/C28H45N5O3.C2HF3O2/c1-2-3-9-25-28(36-27(35)33(25)20-23-7-5-4-6-8-23)12-17-31(18-13-28)24-10-15-32(16-11-24)26(34)21-30-19-14-29-22-30;3-2(4,5)1(6)7/h14,19,22-25H,2-13,15-18,20-21H2,1H3;(H,6,7). The average Bonchev–Trinajstić information content (AvgIpc) is 3.58. The summed E-state index contributed by atoms with van der Waals surface area (Å²) in [6.07, 6.45) is 13.9. The van der Waals surface area contributed by atoms with E-state index in [4.69, 9.17) is 14.6 Å². The summed E-state index contributed by atoms with van der Waals surface area (Å²) in [6.45, 7) is 7.13.